The summed E-state index contributed by atoms with van der Waals surface area (Å²) in [6, 6.07) is 6.55. The van der Waals surface area contributed by atoms with Crippen LogP contribution in [0.2, 0.25) is 0 Å². The van der Waals surface area contributed by atoms with Crippen LogP contribution in [0.25, 0.3) is 0 Å². The summed E-state index contributed by atoms with van der Waals surface area (Å²) in [5.41, 5.74) is 7.12. The van der Waals surface area contributed by atoms with Crippen molar-refractivity contribution in [2.45, 2.75) is 50.7 Å². The lowest BCUT2D eigenvalue weighted by atomic mass is 9.95. The number of piperidine rings is 1. The molecule has 0 amide bonds. The van der Waals surface area contributed by atoms with Crippen molar-refractivity contribution in [1.29, 1.82) is 0 Å². The Morgan fingerprint density at radius 2 is 1.86 bits per heavy atom. The van der Waals surface area contributed by atoms with Gasteiger partial charge in [0.15, 0.2) is 5.82 Å². The molecule has 5 rings (SSSR count). The van der Waals surface area contributed by atoms with E-state index in [-0.39, 0.29) is 0 Å². The summed E-state index contributed by atoms with van der Waals surface area (Å²) < 4.78 is 4.33. The highest BCUT2D eigenvalue weighted by Gasteiger charge is 2.33. The van der Waals surface area contributed by atoms with E-state index in [1.54, 1.807) is 6.20 Å². The molecule has 28 heavy (non-hydrogen) atoms. The van der Waals surface area contributed by atoms with Crippen molar-refractivity contribution in [2.24, 2.45) is 0 Å². The second kappa shape index (κ2) is 7.35. The van der Waals surface area contributed by atoms with Gasteiger partial charge in [-0.3, -0.25) is 9.58 Å². The number of hydrogen-bond acceptors (Lipinski definition) is 6. The highest BCUT2D eigenvalue weighted by atomic mass is 15.3. The highest BCUT2D eigenvalue weighted by molar-refractivity contribution is 5.38. The monoisotopic (exact) mass is 378 g/mol. The molecule has 1 aliphatic carbocycles. The Bertz CT molecular complexity index is 920. The fraction of sp³-hybridized carbons (Fsp3) is 0.500. The van der Waals surface area contributed by atoms with Crippen LogP contribution >= 0.6 is 0 Å². The minimum atomic E-state index is 0.474. The maximum absolute atomic E-state index is 6.01. The third-order valence-corrected chi connectivity index (χ3v) is 5.84. The Hall–Kier alpha value is -2.74. The molecule has 0 atom stereocenters. The SMILES string of the molecule is Nc1ncccc1CN1CCC(c2nnc(Cn3cccn3)n2C2CC2)CC1. The van der Waals surface area contributed by atoms with Crippen LogP contribution in [0.4, 0.5) is 5.82 Å². The van der Waals surface area contributed by atoms with E-state index < -0.39 is 0 Å². The fourth-order valence-corrected chi connectivity index (χ4v) is 4.17. The molecule has 0 bridgehead atoms. The summed E-state index contributed by atoms with van der Waals surface area (Å²) in [5.74, 6) is 3.32. The maximum atomic E-state index is 6.01. The molecular formula is C20H26N8. The van der Waals surface area contributed by atoms with Crippen molar-refractivity contribution in [2.75, 3.05) is 18.8 Å². The number of likely N-dealkylation sites (tertiary alicyclic amines) is 1. The van der Waals surface area contributed by atoms with Gasteiger partial charge in [0.1, 0.15) is 18.2 Å². The number of pyridine rings is 1. The van der Waals surface area contributed by atoms with Crippen LogP contribution < -0.4 is 5.73 Å². The summed E-state index contributed by atoms with van der Waals surface area (Å²) >= 11 is 0. The van der Waals surface area contributed by atoms with Crippen molar-refractivity contribution in [3.63, 3.8) is 0 Å². The van der Waals surface area contributed by atoms with Gasteiger partial charge in [-0.05, 0) is 50.9 Å². The molecule has 1 aliphatic heterocycles. The lowest BCUT2D eigenvalue weighted by molar-refractivity contribution is 0.200. The van der Waals surface area contributed by atoms with Gasteiger partial charge in [0.2, 0.25) is 0 Å². The van der Waals surface area contributed by atoms with Crippen molar-refractivity contribution in [1.82, 2.24) is 34.4 Å². The fourth-order valence-electron chi connectivity index (χ4n) is 4.17. The lowest BCUT2D eigenvalue weighted by Gasteiger charge is -2.31. The van der Waals surface area contributed by atoms with Crippen LogP contribution in [0.1, 0.15) is 54.9 Å². The second-order valence-electron chi connectivity index (χ2n) is 7.88. The van der Waals surface area contributed by atoms with Gasteiger partial charge in [-0.15, -0.1) is 10.2 Å². The first-order chi connectivity index (χ1) is 13.8. The lowest BCUT2D eigenvalue weighted by Crippen LogP contribution is -2.33. The molecule has 0 unspecified atom stereocenters. The van der Waals surface area contributed by atoms with Crippen LogP contribution in [0.15, 0.2) is 36.8 Å². The molecule has 1 saturated carbocycles. The van der Waals surface area contributed by atoms with Crippen LogP contribution in [-0.2, 0) is 13.1 Å². The van der Waals surface area contributed by atoms with Gasteiger partial charge in [-0.2, -0.15) is 5.10 Å². The van der Waals surface area contributed by atoms with Gasteiger partial charge in [0.05, 0.1) is 0 Å². The summed E-state index contributed by atoms with van der Waals surface area (Å²) in [6.07, 6.45) is 10.2. The van der Waals surface area contributed by atoms with Crippen molar-refractivity contribution in [3.8, 4) is 0 Å². The van der Waals surface area contributed by atoms with Gasteiger partial charge in [-0.1, -0.05) is 6.07 Å². The average molecular weight is 378 g/mol. The number of nitrogens with two attached hydrogens (primary N) is 1. The first kappa shape index (κ1) is 17.4. The van der Waals surface area contributed by atoms with Crippen molar-refractivity contribution < 1.29 is 0 Å². The maximum Gasteiger partial charge on any atom is 0.155 e. The zero-order valence-corrected chi connectivity index (χ0v) is 16.0. The topological polar surface area (TPSA) is 90.7 Å². The third kappa shape index (κ3) is 3.52. The Balaban J connectivity index is 1.27. The Labute approximate surface area is 164 Å². The predicted octanol–water partition coefficient (Wildman–Crippen LogP) is 2.21. The third-order valence-electron chi connectivity index (χ3n) is 5.84. The van der Waals surface area contributed by atoms with Crippen LogP contribution in [0, 0.1) is 0 Å². The molecule has 3 aromatic heterocycles. The molecule has 8 nitrogen and oxygen atoms in total. The molecule has 0 aromatic carbocycles. The summed E-state index contributed by atoms with van der Waals surface area (Å²) in [5, 5.41) is 13.5. The molecule has 1 saturated heterocycles. The van der Waals surface area contributed by atoms with E-state index in [0.29, 0.717) is 24.3 Å². The largest absolute Gasteiger partial charge is 0.383 e. The van der Waals surface area contributed by atoms with E-state index >= 15 is 0 Å². The van der Waals surface area contributed by atoms with E-state index in [2.05, 4.69) is 35.8 Å². The number of nitrogen functional groups attached to an aromatic ring is 1. The van der Waals surface area contributed by atoms with Crippen LogP contribution in [-0.4, -0.2) is 47.5 Å². The quantitative estimate of drug-likeness (QED) is 0.707. The second-order valence-corrected chi connectivity index (χ2v) is 7.88. The van der Waals surface area contributed by atoms with Crippen LogP contribution in [0.5, 0.6) is 0 Å². The molecule has 2 aliphatic rings. The first-order valence-electron chi connectivity index (χ1n) is 10.1. The molecule has 3 aromatic rings. The molecule has 2 fully saturated rings. The molecule has 0 radical (unpaired) electrons. The standard InChI is InChI=1S/C20H26N8/c21-19-16(3-1-8-22-19)13-26-11-6-15(7-12-26)20-25-24-18(28(20)17-4-5-17)14-27-10-2-9-23-27/h1-3,8-10,15,17H,4-7,11-14H2,(H2,21,22). The number of hydrogen-bond donors (Lipinski definition) is 1. The van der Waals surface area contributed by atoms with E-state index in [9.17, 15) is 0 Å². The van der Waals surface area contributed by atoms with Gasteiger partial charge in [-0.25, -0.2) is 4.98 Å². The van der Waals surface area contributed by atoms with Gasteiger partial charge in [0, 0.05) is 42.7 Å². The number of aromatic nitrogens is 6. The van der Waals surface area contributed by atoms with E-state index in [0.717, 1.165) is 43.9 Å². The predicted molar refractivity (Wildman–Crippen MR) is 106 cm³/mol. The van der Waals surface area contributed by atoms with Gasteiger partial charge < -0.3 is 10.3 Å². The van der Waals surface area contributed by atoms with Gasteiger partial charge in [0.25, 0.3) is 0 Å². The van der Waals surface area contributed by atoms with Crippen molar-refractivity contribution in [3.05, 3.63) is 54.0 Å². The molecular weight excluding hydrogens is 352 g/mol. The zero-order chi connectivity index (χ0) is 18.9. The Kier molecular flexibility index (Phi) is 4.56. The smallest absolute Gasteiger partial charge is 0.155 e. The minimum Gasteiger partial charge on any atom is -0.383 e. The first-order valence-corrected chi connectivity index (χ1v) is 10.1. The Morgan fingerprint density at radius 1 is 1.00 bits per heavy atom. The normalized spacial score (nSPS) is 18.6. The van der Waals surface area contributed by atoms with Gasteiger partial charge >= 0.3 is 0 Å². The molecule has 4 heterocycles. The summed E-state index contributed by atoms with van der Waals surface area (Å²) in [4.78, 5) is 6.67. The van der Waals surface area contributed by atoms with Crippen molar-refractivity contribution >= 4 is 5.82 Å². The van der Waals surface area contributed by atoms with E-state index in [1.165, 1.54) is 18.7 Å². The average Bonchev–Trinajstić information content (AvgIpc) is 3.26. The molecule has 8 heteroatoms. The van der Waals surface area contributed by atoms with E-state index in [1.807, 2.05) is 29.2 Å². The zero-order valence-electron chi connectivity index (χ0n) is 16.0. The highest BCUT2D eigenvalue weighted by Crippen LogP contribution is 2.40. The van der Waals surface area contributed by atoms with Crippen LogP contribution in [0.3, 0.4) is 0 Å². The number of rotatable bonds is 6. The summed E-state index contributed by atoms with van der Waals surface area (Å²) in [7, 11) is 0. The molecule has 146 valence electrons. The van der Waals surface area contributed by atoms with E-state index in [4.69, 9.17) is 5.73 Å². The Morgan fingerprint density at radius 3 is 2.57 bits per heavy atom. The minimum absolute atomic E-state index is 0.474. The summed E-state index contributed by atoms with van der Waals surface area (Å²) in [6.45, 7) is 3.65. The molecule has 2 N–H and O–H groups in total. The number of nitrogens with zero attached hydrogens (tertiary/aromatic N) is 7. The number of anilines is 1. The molecule has 0 spiro atoms.